The molecule has 3 aliphatic carbocycles. The first-order valence-corrected chi connectivity index (χ1v) is 14.1. The Balaban J connectivity index is 1.75. The summed E-state index contributed by atoms with van der Waals surface area (Å²) >= 11 is 0. The smallest absolute Gasteiger partial charge is 0.303 e. The average Bonchev–Trinajstić information content (AvgIpc) is 3.14. The average molecular weight is 537 g/mol. The topological polar surface area (TPSA) is 72.8 Å². The molecule has 3 aliphatic rings. The van der Waals surface area contributed by atoms with E-state index in [2.05, 4.69) is 32.1 Å². The molecular weight excluding hydrogens is 490 g/mol. The highest BCUT2D eigenvalue weighted by Gasteiger charge is 2.51. The minimum Gasteiger partial charge on any atom is -0.462 e. The van der Waals surface area contributed by atoms with Crippen molar-refractivity contribution < 1.29 is 33.0 Å². The van der Waals surface area contributed by atoms with Gasteiger partial charge in [-0.15, -0.1) is 0 Å². The number of halogens is 2. The van der Waals surface area contributed by atoms with Gasteiger partial charge in [0.25, 0.3) is 5.92 Å². The second-order valence-corrected chi connectivity index (χ2v) is 12.6. The van der Waals surface area contributed by atoms with Crippen LogP contribution < -0.4 is 0 Å². The number of alkyl halides is 2. The van der Waals surface area contributed by atoms with Crippen molar-refractivity contribution in [2.24, 2.45) is 23.2 Å². The van der Waals surface area contributed by atoms with Gasteiger partial charge < -0.3 is 14.6 Å². The third-order valence-electron chi connectivity index (χ3n) is 9.40. The largest absolute Gasteiger partial charge is 0.462 e. The summed E-state index contributed by atoms with van der Waals surface area (Å²) in [4.78, 5) is 23.3. The zero-order valence-electron chi connectivity index (χ0n) is 24.1. The maximum Gasteiger partial charge on any atom is 0.303 e. The Bertz CT molecular complexity index is 989. The van der Waals surface area contributed by atoms with Gasteiger partial charge in [-0.3, -0.25) is 9.59 Å². The van der Waals surface area contributed by atoms with E-state index in [1.54, 1.807) is 0 Å². The third kappa shape index (κ3) is 6.75. The summed E-state index contributed by atoms with van der Waals surface area (Å²) in [6.45, 7) is 11.5. The predicted octanol–water partition coefficient (Wildman–Crippen LogP) is 7.09. The molecule has 7 heteroatoms. The number of carbonyl (C=O) groups excluding carboxylic acids is 2. The van der Waals surface area contributed by atoms with Crippen molar-refractivity contribution in [1.29, 1.82) is 0 Å². The molecule has 6 atom stereocenters. The number of esters is 2. The second kappa shape index (κ2) is 11.6. The van der Waals surface area contributed by atoms with Gasteiger partial charge in [0.15, 0.2) is 0 Å². The van der Waals surface area contributed by atoms with Crippen molar-refractivity contribution >= 4 is 11.9 Å². The van der Waals surface area contributed by atoms with E-state index >= 15 is 0 Å². The van der Waals surface area contributed by atoms with E-state index in [4.69, 9.17) is 9.47 Å². The highest BCUT2D eigenvalue weighted by molar-refractivity contribution is 5.67. The van der Waals surface area contributed by atoms with Crippen molar-refractivity contribution in [1.82, 2.24) is 0 Å². The highest BCUT2D eigenvalue weighted by atomic mass is 19.3. The number of ether oxygens (including phenoxy) is 2. The summed E-state index contributed by atoms with van der Waals surface area (Å²) in [5, 5.41) is 9.88. The maximum absolute atomic E-state index is 14.4. The Hall–Kier alpha value is -2.02. The van der Waals surface area contributed by atoms with Gasteiger partial charge in [-0.05, 0) is 92.8 Å². The van der Waals surface area contributed by atoms with Gasteiger partial charge in [0.1, 0.15) is 17.8 Å². The molecule has 1 N–H and O–H groups in total. The van der Waals surface area contributed by atoms with Gasteiger partial charge in [-0.1, -0.05) is 32.1 Å². The number of fused-ring (bicyclic) bond motifs is 1. The van der Waals surface area contributed by atoms with Crippen LogP contribution in [0.3, 0.4) is 0 Å². The van der Waals surface area contributed by atoms with Crippen LogP contribution in [0.4, 0.5) is 8.78 Å². The van der Waals surface area contributed by atoms with Gasteiger partial charge in [-0.2, -0.15) is 0 Å². The van der Waals surface area contributed by atoms with E-state index in [1.165, 1.54) is 33.3 Å². The molecule has 0 aromatic rings. The summed E-state index contributed by atoms with van der Waals surface area (Å²) in [6.07, 6.45) is 10.9. The Kier molecular flexibility index (Phi) is 9.33. The fourth-order valence-electron chi connectivity index (χ4n) is 7.07. The molecule has 38 heavy (non-hydrogen) atoms. The molecule has 0 unspecified atom stereocenters. The van der Waals surface area contributed by atoms with Crippen LogP contribution in [-0.4, -0.2) is 40.8 Å². The first kappa shape index (κ1) is 30.5. The summed E-state index contributed by atoms with van der Waals surface area (Å²) < 4.78 is 39.9. The van der Waals surface area contributed by atoms with Crippen molar-refractivity contribution in [3.63, 3.8) is 0 Å². The molecule has 0 radical (unpaired) electrons. The van der Waals surface area contributed by atoms with Crippen LogP contribution in [0.1, 0.15) is 99.8 Å². The molecule has 1 saturated carbocycles. The van der Waals surface area contributed by atoms with Crippen LogP contribution in [-0.2, 0) is 19.1 Å². The molecule has 0 aromatic carbocycles. The standard InChI is InChI=1S/C31H46F2O5/c1-19(14-16-31(32,33)29(5,6)36)26-12-13-27-23(9-8-15-30(26,27)7)10-11-24-17-25(37-21(3)34)18-28(20(24)2)38-22(4)35/h9-11,19,25-28,36H,8,12-18H2,1-7H3/b11-10-/t19-,25+,26-,27+,28-,30-/m1/s1. The number of carbonyl (C=O) groups is 2. The molecule has 0 aromatic heterocycles. The Morgan fingerprint density at radius 1 is 1.18 bits per heavy atom. The monoisotopic (exact) mass is 536 g/mol. The van der Waals surface area contributed by atoms with Gasteiger partial charge >= 0.3 is 11.9 Å². The van der Waals surface area contributed by atoms with Crippen molar-refractivity contribution in [2.75, 3.05) is 0 Å². The lowest BCUT2D eigenvalue weighted by atomic mass is 9.62. The molecule has 1 fully saturated rings. The molecule has 0 bridgehead atoms. The van der Waals surface area contributed by atoms with E-state index in [0.29, 0.717) is 31.1 Å². The number of rotatable bonds is 9. The lowest BCUT2D eigenvalue weighted by molar-refractivity contribution is -0.168. The van der Waals surface area contributed by atoms with Crippen LogP contribution in [0, 0.1) is 23.2 Å². The lowest BCUT2D eigenvalue weighted by Gasteiger charge is -2.43. The Morgan fingerprint density at radius 3 is 2.45 bits per heavy atom. The predicted molar refractivity (Wildman–Crippen MR) is 143 cm³/mol. The zero-order valence-corrected chi connectivity index (χ0v) is 24.1. The maximum atomic E-state index is 14.4. The van der Waals surface area contributed by atoms with Crippen LogP contribution in [0.25, 0.3) is 0 Å². The number of aliphatic hydroxyl groups is 1. The van der Waals surface area contributed by atoms with E-state index in [9.17, 15) is 23.5 Å². The first-order chi connectivity index (χ1) is 17.5. The second-order valence-electron chi connectivity index (χ2n) is 12.6. The Labute approximate surface area is 226 Å². The third-order valence-corrected chi connectivity index (χ3v) is 9.40. The molecule has 5 nitrogen and oxygen atoms in total. The highest BCUT2D eigenvalue weighted by Crippen LogP contribution is 2.59. The van der Waals surface area contributed by atoms with Crippen molar-refractivity contribution in [3.8, 4) is 0 Å². The fourth-order valence-corrected chi connectivity index (χ4v) is 7.07. The number of allylic oxidation sites excluding steroid dienone is 4. The van der Waals surface area contributed by atoms with Gasteiger partial charge in [-0.25, -0.2) is 8.78 Å². The van der Waals surface area contributed by atoms with E-state index in [-0.39, 0.29) is 35.8 Å². The van der Waals surface area contributed by atoms with Crippen LogP contribution in [0.2, 0.25) is 0 Å². The first-order valence-electron chi connectivity index (χ1n) is 14.1. The number of hydrogen-bond donors (Lipinski definition) is 1. The molecule has 0 amide bonds. The number of hydrogen-bond acceptors (Lipinski definition) is 5. The fraction of sp³-hybridized carbons (Fsp3) is 0.742. The summed E-state index contributed by atoms with van der Waals surface area (Å²) in [5.74, 6) is -2.99. The SMILES string of the molecule is CC(=O)O[C@H]1CC(/C=C\C2=CCC[C@]3(C)[C@@H]([C@H](C)CCC(F)(F)C(C)(C)O)CC[C@@H]23)=C(C)[C@H](OC(C)=O)C1. The van der Waals surface area contributed by atoms with Crippen molar-refractivity contribution in [3.05, 3.63) is 34.9 Å². The molecule has 0 spiro atoms. The summed E-state index contributed by atoms with van der Waals surface area (Å²) in [5.41, 5.74) is 1.28. The van der Waals surface area contributed by atoms with Gasteiger partial charge in [0.2, 0.25) is 0 Å². The minimum absolute atomic E-state index is 0.0361. The molecule has 0 saturated heterocycles. The van der Waals surface area contributed by atoms with Crippen molar-refractivity contribution in [2.45, 2.75) is 124 Å². The molecule has 214 valence electrons. The summed E-state index contributed by atoms with van der Waals surface area (Å²) in [6, 6.07) is 0. The lowest BCUT2D eigenvalue weighted by Crippen LogP contribution is -2.43. The molecule has 0 aliphatic heterocycles. The van der Waals surface area contributed by atoms with E-state index in [1.807, 2.05) is 6.92 Å². The van der Waals surface area contributed by atoms with Crippen LogP contribution in [0.5, 0.6) is 0 Å². The normalized spacial score (nSPS) is 31.2. The van der Waals surface area contributed by atoms with Gasteiger partial charge in [0, 0.05) is 33.1 Å². The molecule has 0 heterocycles. The summed E-state index contributed by atoms with van der Waals surface area (Å²) in [7, 11) is 0. The molecule has 3 rings (SSSR count). The minimum atomic E-state index is -3.11. The van der Waals surface area contributed by atoms with Crippen LogP contribution in [0.15, 0.2) is 34.9 Å². The quantitative estimate of drug-likeness (QED) is 0.319. The zero-order chi connectivity index (χ0) is 28.5. The van der Waals surface area contributed by atoms with E-state index in [0.717, 1.165) is 36.8 Å². The Morgan fingerprint density at radius 2 is 1.84 bits per heavy atom. The van der Waals surface area contributed by atoms with Gasteiger partial charge in [0.05, 0.1) is 0 Å². The van der Waals surface area contributed by atoms with E-state index < -0.39 is 17.6 Å². The van der Waals surface area contributed by atoms with Crippen LogP contribution >= 0.6 is 0 Å². The molecular formula is C31H46F2O5.